The van der Waals surface area contributed by atoms with Crippen LogP contribution in [0.3, 0.4) is 0 Å². The van der Waals surface area contributed by atoms with Gasteiger partial charge in [0.05, 0.1) is 12.7 Å². The largest absolute Gasteiger partial charge is 0.465 e. The predicted octanol–water partition coefficient (Wildman–Crippen LogP) is 4.99. The first kappa shape index (κ1) is 16.6. The summed E-state index contributed by atoms with van der Waals surface area (Å²) in [6, 6.07) is 8.68. The number of carbonyl (C=O) groups excluding carboxylic acids is 1. The fourth-order valence-corrected chi connectivity index (χ4v) is 2.59. The zero-order chi connectivity index (χ0) is 16.5. The summed E-state index contributed by atoms with van der Waals surface area (Å²) < 4.78 is 35.0. The number of alkyl halides is 2. The van der Waals surface area contributed by atoms with Gasteiger partial charge in [0, 0.05) is 15.6 Å². The van der Waals surface area contributed by atoms with Crippen LogP contribution < -0.4 is 0 Å². The Hall–Kier alpha value is -1.75. The van der Waals surface area contributed by atoms with Crippen molar-refractivity contribution in [1.82, 2.24) is 0 Å². The highest BCUT2D eigenvalue weighted by atomic mass is 79.9. The minimum atomic E-state index is -3.30. The van der Waals surface area contributed by atoms with Gasteiger partial charge in [-0.25, -0.2) is 4.79 Å². The summed E-state index contributed by atoms with van der Waals surface area (Å²) in [6.07, 6.45) is 0. The van der Waals surface area contributed by atoms with Gasteiger partial charge in [-0.2, -0.15) is 8.78 Å². The monoisotopic (exact) mass is 368 g/mol. The number of esters is 1. The Kier molecular flexibility index (Phi) is 4.66. The molecule has 5 heteroatoms. The van der Waals surface area contributed by atoms with Crippen LogP contribution in [0.5, 0.6) is 0 Å². The van der Waals surface area contributed by atoms with Crippen LogP contribution >= 0.6 is 15.9 Å². The van der Waals surface area contributed by atoms with Gasteiger partial charge in [-0.1, -0.05) is 28.1 Å². The van der Waals surface area contributed by atoms with Crippen molar-refractivity contribution in [2.75, 3.05) is 7.11 Å². The number of methoxy groups -OCH3 is 1. The van der Waals surface area contributed by atoms with E-state index < -0.39 is 11.9 Å². The lowest BCUT2D eigenvalue weighted by atomic mass is 9.92. The standard InChI is InChI=1S/C17H15BrF2O2/c1-10-7-14(16(21)22-3)15(8-11(10)2)17(19,20)12-5-4-6-13(18)9-12/h4-9H,1-3H3. The first-order valence-electron chi connectivity index (χ1n) is 6.61. The molecule has 0 atom stereocenters. The molecule has 0 radical (unpaired) electrons. The normalized spacial score (nSPS) is 11.4. The van der Waals surface area contributed by atoms with E-state index in [0.717, 1.165) is 5.56 Å². The molecule has 0 N–H and O–H groups in total. The van der Waals surface area contributed by atoms with Gasteiger partial charge in [-0.05, 0) is 49.2 Å². The summed E-state index contributed by atoms with van der Waals surface area (Å²) >= 11 is 3.19. The smallest absolute Gasteiger partial charge is 0.338 e. The Morgan fingerprint density at radius 3 is 2.36 bits per heavy atom. The van der Waals surface area contributed by atoms with Crippen molar-refractivity contribution in [1.29, 1.82) is 0 Å². The second-order valence-electron chi connectivity index (χ2n) is 5.06. The van der Waals surface area contributed by atoms with E-state index in [1.54, 1.807) is 19.9 Å². The summed E-state index contributed by atoms with van der Waals surface area (Å²) in [5.41, 5.74) is 0.804. The van der Waals surface area contributed by atoms with Crippen molar-refractivity contribution in [3.63, 3.8) is 0 Å². The lowest BCUT2D eigenvalue weighted by molar-refractivity contribution is 0.0375. The summed E-state index contributed by atoms with van der Waals surface area (Å²) in [4.78, 5) is 11.9. The zero-order valence-electron chi connectivity index (χ0n) is 12.4. The first-order chi connectivity index (χ1) is 10.3. The molecule has 116 valence electrons. The Balaban J connectivity index is 2.68. The molecule has 0 spiro atoms. The van der Waals surface area contributed by atoms with Crippen LogP contribution in [0, 0.1) is 13.8 Å². The van der Waals surface area contributed by atoms with Crippen LogP contribution in [0.2, 0.25) is 0 Å². The molecule has 2 aromatic carbocycles. The minimum Gasteiger partial charge on any atom is -0.465 e. The molecule has 2 aromatic rings. The quantitative estimate of drug-likeness (QED) is 0.713. The fraction of sp³-hybridized carbons (Fsp3) is 0.235. The van der Waals surface area contributed by atoms with E-state index in [2.05, 4.69) is 20.7 Å². The van der Waals surface area contributed by atoms with E-state index in [9.17, 15) is 13.6 Å². The third-order valence-electron chi connectivity index (χ3n) is 3.56. The Morgan fingerprint density at radius 2 is 1.77 bits per heavy atom. The van der Waals surface area contributed by atoms with Crippen molar-refractivity contribution in [2.24, 2.45) is 0 Å². The maximum Gasteiger partial charge on any atom is 0.338 e. The third-order valence-corrected chi connectivity index (χ3v) is 4.06. The summed E-state index contributed by atoms with van der Waals surface area (Å²) in [7, 11) is 1.18. The molecule has 0 saturated heterocycles. The van der Waals surface area contributed by atoms with Crippen molar-refractivity contribution in [2.45, 2.75) is 19.8 Å². The summed E-state index contributed by atoms with van der Waals surface area (Å²) in [6.45, 7) is 3.50. The van der Waals surface area contributed by atoms with Crippen LogP contribution in [0.25, 0.3) is 0 Å². The molecule has 2 nitrogen and oxygen atoms in total. The SMILES string of the molecule is COC(=O)c1cc(C)c(C)cc1C(F)(F)c1cccc(Br)c1. The van der Waals surface area contributed by atoms with Crippen molar-refractivity contribution >= 4 is 21.9 Å². The molecule has 0 bridgehead atoms. The van der Waals surface area contributed by atoms with E-state index in [-0.39, 0.29) is 16.7 Å². The highest BCUT2D eigenvalue weighted by molar-refractivity contribution is 9.10. The van der Waals surface area contributed by atoms with Gasteiger partial charge >= 0.3 is 5.97 Å². The zero-order valence-corrected chi connectivity index (χ0v) is 14.0. The van der Waals surface area contributed by atoms with Crippen LogP contribution in [0.15, 0.2) is 40.9 Å². The summed E-state index contributed by atoms with van der Waals surface area (Å²) in [5.74, 6) is -4.07. The second-order valence-corrected chi connectivity index (χ2v) is 5.97. The Labute approximate surface area is 136 Å². The van der Waals surface area contributed by atoms with Crippen molar-refractivity contribution in [3.05, 3.63) is 68.7 Å². The minimum absolute atomic E-state index is 0.115. The highest BCUT2D eigenvalue weighted by Gasteiger charge is 2.38. The molecule has 0 fully saturated rings. The van der Waals surface area contributed by atoms with E-state index in [1.165, 1.54) is 37.4 Å². The maximum atomic E-state index is 14.9. The van der Waals surface area contributed by atoms with Gasteiger partial charge in [0.1, 0.15) is 0 Å². The average Bonchev–Trinajstić information content (AvgIpc) is 2.48. The predicted molar refractivity (Wildman–Crippen MR) is 84.4 cm³/mol. The maximum absolute atomic E-state index is 14.9. The van der Waals surface area contributed by atoms with Gasteiger partial charge in [0.15, 0.2) is 0 Å². The number of carbonyl (C=O) groups is 1. The molecule has 0 unspecified atom stereocenters. The van der Waals surface area contributed by atoms with E-state index in [1.807, 2.05) is 0 Å². The van der Waals surface area contributed by atoms with Crippen LogP contribution in [-0.4, -0.2) is 13.1 Å². The molecule has 22 heavy (non-hydrogen) atoms. The number of hydrogen-bond acceptors (Lipinski definition) is 2. The molecule has 0 saturated carbocycles. The average molecular weight is 369 g/mol. The van der Waals surface area contributed by atoms with Crippen LogP contribution in [0.4, 0.5) is 8.78 Å². The first-order valence-corrected chi connectivity index (χ1v) is 7.40. The molecule has 0 heterocycles. The lowest BCUT2D eigenvalue weighted by Crippen LogP contribution is -2.21. The van der Waals surface area contributed by atoms with Gasteiger partial charge in [0.25, 0.3) is 5.92 Å². The third kappa shape index (κ3) is 3.04. The Bertz CT molecular complexity index is 727. The molecular weight excluding hydrogens is 354 g/mol. The van der Waals surface area contributed by atoms with Gasteiger partial charge < -0.3 is 4.74 Å². The van der Waals surface area contributed by atoms with Gasteiger partial charge in [-0.3, -0.25) is 0 Å². The van der Waals surface area contributed by atoms with E-state index in [4.69, 9.17) is 0 Å². The van der Waals surface area contributed by atoms with E-state index in [0.29, 0.717) is 10.0 Å². The molecule has 0 aliphatic carbocycles. The van der Waals surface area contributed by atoms with Crippen molar-refractivity contribution < 1.29 is 18.3 Å². The number of ether oxygens (including phenoxy) is 1. The lowest BCUT2D eigenvalue weighted by Gasteiger charge is -2.21. The van der Waals surface area contributed by atoms with Crippen molar-refractivity contribution in [3.8, 4) is 0 Å². The summed E-state index contributed by atoms with van der Waals surface area (Å²) in [5, 5.41) is 0. The topological polar surface area (TPSA) is 26.3 Å². The molecular formula is C17H15BrF2O2. The molecule has 0 aliphatic rings. The van der Waals surface area contributed by atoms with Crippen LogP contribution in [0.1, 0.15) is 32.6 Å². The number of benzene rings is 2. The number of hydrogen-bond donors (Lipinski definition) is 0. The number of rotatable bonds is 3. The highest BCUT2D eigenvalue weighted by Crippen LogP contribution is 2.39. The van der Waals surface area contributed by atoms with Crippen LogP contribution in [-0.2, 0) is 10.7 Å². The second kappa shape index (κ2) is 6.16. The molecule has 0 aromatic heterocycles. The Morgan fingerprint density at radius 1 is 1.14 bits per heavy atom. The number of aryl methyl sites for hydroxylation is 2. The fourth-order valence-electron chi connectivity index (χ4n) is 2.19. The molecule has 0 aliphatic heterocycles. The molecule has 2 rings (SSSR count). The molecule has 0 amide bonds. The van der Waals surface area contributed by atoms with Gasteiger partial charge in [-0.15, -0.1) is 0 Å². The van der Waals surface area contributed by atoms with Gasteiger partial charge in [0.2, 0.25) is 0 Å². The van der Waals surface area contributed by atoms with E-state index >= 15 is 0 Å². The number of halogens is 3.